The van der Waals surface area contributed by atoms with Gasteiger partial charge in [-0.25, -0.2) is 13.1 Å². The van der Waals surface area contributed by atoms with Crippen molar-refractivity contribution >= 4 is 26.0 Å². The number of benzene rings is 1. The third kappa shape index (κ3) is 5.70. The first-order valence-corrected chi connectivity index (χ1v) is 9.54. The second-order valence-corrected chi connectivity index (χ2v) is 8.21. The Labute approximate surface area is 136 Å². The predicted octanol–water partition coefficient (Wildman–Crippen LogP) is 3.13. The number of hydrogen-bond donors (Lipinski definition) is 2. The van der Waals surface area contributed by atoms with Gasteiger partial charge >= 0.3 is 0 Å². The molecule has 1 atom stereocenters. The zero-order chi connectivity index (χ0) is 16.0. The maximum atomic E-state index is 12.4. The van der Waals surface area contributed by atoms with Gasteiger partial charge in [-0.05, 0) is 52.0 Å². The average molecular weight is 377 g/mol. The number of nitrogens with one attached hydrogen (secondary N) is 2. The lowest BCUT2D eigenvalue weighted by Crippen LogP contribution is -2.30. The molecule has 1 aromatic rings. The molecule has 0 aromatic heterocycles. The Morgan fingerprint density at radius 3 is 2.48 bits per heavy atom. The molecule has 0 spiro atoms. The van der Waals surface area contributed by atoms with Gasteiger partial charge in [-0.15, -0.1) is 0 Å². The highest BCUT2D eigenvalue weighted by atomic mass is 79.9. The summed E-state index contributed by atoms with van der Waals surface area (Å²) in [7, 11) is -3.49. The number of hydrogen-bond acceptors (Lipinski definition) is 3. The maximum absolute atomic E-state index is 12.4. The molecule has 0 heterocycles. The molecule has 1 rings (SSSR count). The molecule has 2 N–H and O–H groups in total. The summed E-state index contributed by atoms with van der Waals surface area (Å²) in [6, 6.07) is 5.42. The van der Waals surface area contributed by atoms with Crippen molar-refractivity contribution < 1.29 is 8.42 Å². The summed E-state index contributed by atoms with van der Waals surface area (Å²) in [6.45, 7) is 10.2. The van der Waals surface area contributed by atoms with Crippen molar-refractivity contribution in [3.63, 3.8) is 0 Å². The fourth-order valence-electron chi connectivity index (χ4n) is 1.69. The third-order valence-electron chi connectivity index (χ3n) is 3.60. The van der Waals surface area contributed by atoms with Gasteiger partial charge in [0.2, 0.25) is 10.0 Å². The van der Waals surface area contributed by atoms with Crippen LogP contribution in [0.4, 0.5) is 0 Å². The number of halogens is 1. The van der Waals surface area contributed by atoms with Crippen LogP contribution >= 0.6 is 15.9 Å². The second-order valence-electron chi connectivity index (χ2n) is 5.62. The Kier molecular flexibility index (Phi) is 7.33. The van der Waals surface area contributed by atoms with Crippen LogP contribution in [-0.2, 0) is 16.6 Å². The van der Waals surface area contributed by atoms with Crippen LogP contribution in [0.15, 0.2) is 27.6 Å². The quantitative estimate of drug-likeness (QED) is 0.732. The van der Waals surface area contributed by atoms with Crippen molar-refractivity contribution in [2.45, 2.75) is 39.1 Å². The first kappa shape index (κ1) is 18.6. The molecule has 0 amide bonds. The van der Waals surface area contributed by atoms with E-state index in [2.05, 4.69) is 39.8 Å². The van der Waals surface area contributed by atoms with E-state index < -0.39 is 10.0 Å². The van der Waals surface area contributed by atoms with Gasteiger partial charge in [0.05, 0.1) is 4.90 Å². The van der Waals surface area contributed by atoms with Gasteiger partial charge in [-0.2, -0.15) is 0 Å². The SMILES string of the molecule is CCNCc1ccc(Br)c(S(=O)(=O)NCC(C)C(C)C)c1. The molecule has 0 aliphatic carbocycles. The molecule has 0 saturated carbocycles. The van der Waals surface area contributed by atoms with Crippen LogP contribution in [0, 0.1) is 11.8 Å². The van der Waals surface area contributed by atoms with E-state index in [9.17, 15) is 8.42 Å². The molecule has 0 aliphatic heterocycles. The van der Waals surface area contributed by atoms with E-state index in [1.165, 1.54) is 0 Å². The zero-order valence-electron chi connectivity index (χ0n) is 13.1. The molecule has 0 radical (unpaired) electrons. The summed E-state index contributed by atoms with van der Waals surface area (Å²) in [5.74, 6) is 0.736. The average Bonchev–Trinajstić information content (AvgIpc) is 2.43. The van der Waals surface area contributed by atoms with Crippen LogP contribution < -0.4 is 10.0 Å². The first-order valence-electron chi connectivity index (χ1n) is 7.26. The molecule has 6 heteroatoms. The summed E-state index contributed by atoms with van der Waals surface area (Å²) < 4.78 is 28.2. The van der Waals surface area contributed by atoms with Gasteiger partial charge in [0.25, 0.3) is 0 Å². The zero-order valence-corrected chi connectivity index (χ0v) is 15.5. The van der Waals surface area contributed by atoms with E-state index in [0.29, 0.717) is 34.3 Å². The topological polar surface area (TPSA) is 58.2 Å². The molecule has 1 unspecified atom stereocenters. The highest BCUT2D eigenvalue weighted by Crippen LogP contribution is 2.23. The largest absolute Gasteiger partial charge is 0.313 e. The Hall–Kier alpha value is -0.430. The van der Waals surface area contributed by atoms with E-state index in [4.69, 9.17) is 0 Å². The minimum atomic E-state index is -3.49. The van der Waals surface area contributed by atoms with Crippen molar-refractivity contribution in [2.75, 3.05) is 13.1 Å². The summed E-state index contributed by atoms with van der Waals surface area (Å²) in [6.07, 6.45) is 0. The lowest BCUT2D eigenvalue weighted by molar-refractivity contribution is 0.414. The fourth-order valence-corrected chi connectivity index (χ4v) is 3.84. The highest BCUT2D eigenvalue weighted by Gasteiger charge is 2.19. The number of rotatable bonds is 8. The molecule has 4 nitrogen and oxygen atoms in total. The van der Waals surface area contributed by atoms with E-state index in [1.54, 1.807) is 12.1 Å². The van der Waals surface area contributed by atoms with Crippen molar-refractivity contribution in [2.24, 2.45) is 11.8 Å². The summed E-state index contributed by atoms with van der Waals surface area (Å²) >= 11 is 3.33. The molecular weight excluding hydrogens is 352 g/mol. The molecule has 0 saturated heterocycles. The minimum Gasteiger partial charge on any atom is -0.313 e. The molecule has 1 aromatic carbocycles. The van der Waals surface area contributed by atoms with Crippen molar-refractivity contribution in [1.29, 1.82) is 0 Å². The van der Waals surface area contributed by atoms with Crippen LogP contribution in [0.2, 0.25) is 0 Å². The van der Waals surface area contributed by atoms with E-state index >= 15 is 0 Å². The Balaban J connectivity index is 2.91. The fraction of sp³-hybridized carbons (Fsp3) is 0.600. The van der Waals surface area contributed by atoms with Crippen LogP contribution in [0.5, 0.6) is 0 Å². The van der Waals surface area contributed by atoms with Gasteiger partial charge in [0.15, 0.2) is 0 Å². The van der Waals surface area contributed by atoms with Crippen LogP contribution in [0.1, 0.15) is 33.3 Å². The van der Waals surface area contributed by atoms with Crippen LogP contribution in [0.3, 0.4) is 0 Å². The van der Waals surface area contributed by atoms with E-state index in [0.717, 1.165) is 12.1 Å². The predicted molar refractivity (Wildman–Crippen MR) is 90.7 cm³/mol. The summed E-state index contributed by atoms with van der Waals surface area (Å²) in [5.41, 5.74) is 0.956. The van der Waals surface area contributed by atoms with Gasteiger partial charge in [-0.1, -0.05) is 33.8 Å². The van der Waals surface area contributed by atoms with E-state index in [-0.39, 0.29) is 0 Å². The van der Waals surface area contributed by atoms with Gasteiger partial charge in [0, 0.05) is 17.6 Å². The lowest BCUT2D eigenvalue weighted by Gasteiger charge is -2.17. The summed E-state index contributed by atoms with van der Waals surface area (Å²) in [5, 5.41) is 3.20. The van der Waals surface area contributed by atoms with Gasteiger partial charge in [-0.3, -0.25) is 0 Å². The van der Waals surface area contributed by atoms with Crippen LogP contribution in [-0.4, -0.2) is 21.5 Å². The Morgan fingerprint density at radius 1 is 1.24 bits per heavy atom. The normalized spacial score (nSPS) is 13.6. The van der Waals surface area contributed by atoms with Gasteiger partial charge in [0.1, 0.15) is 0 Å². The molecule has 0 bridgehead atoms. The van der Waals surface area contributed by atoms with Crippen molar-refractivity contribution in [3.05, 3.63) is 28.2 Å². The smallest absolute Gasteiger partial charge is 0.241 e. The molecular formula is C15H25BrN2O2S. The van der Waals surface area contributed by atoms with Gasteiger partial charge < -0.3 is 5.32 Å². The lowest BCUT2D eigenvalue weighted by atomic mass is 9.99. The first-order chi connectivity index (χ1) is 9.77. The van der Waals surface area contributed by atoms with E-state index in [1.807, 2.05) is 19.9 Å². The number of sulfonamides is 1. The molecule has 120 valence electrons. The second kappa shape index (κ2) is 8.27. The molecule has 21 heavy (non-hydrogen) atoms. The van der Waals surface area contributed by atoms with Crippen molar-refractivity contribution in [3.8, 4) is 0 Å². The summed E-state index contributed by atoms with van der Waals surface area (Å²) in [4.78, 5) is 0.300. The monoisotopic (exact) mass is 376 g/mol. The van der Waals surface area contributed by atoms with Crippen molar-refractivity contribution in [1.82, 2.24) is 10.0 Å². The maximum Gasteiger partial charge on any atom is 0.241 e. The third-order valence-corrected chi connectivity index (χ3v) is 6.02. The Morgan fingerprint density at radius 2 is 1.90 bits per heavy atom. The molecule has 0 aliphatic rings. The standard InChI is InChI=1S/C15H25BrN2O2S/c1-5-17-10-13-6-7-14(16)15(8-13)21(19,20)18-9-12(4)11(2)3/h6-8,11-12,17-18H,5,9-10H2,1-4H3. The highest BCUT2D eigenvalue weighted by molar-refractivity contribution is 9.10. The van der Waals surface area contributed by atoms with Crippen LogP contribution in [0.25, 0.3) is 0 Å². The minimum absolute atomic E-state index is 0.295. The Bertz CT molecular complexity index is 559. The molecule has 0 fully saturated rings.